The van der Waals surface area contributed by atoms with Crippen LogP contribution in [0.1, 0.15) is 31.7 Å². The number of rotatable bonds is 6. The molecule has 0 bridgehead atoms. The van der Waals surface area contributed by atoms with E-state index in [0.717, 1.165) is 0 Å². The second-order valence-corrected chi connectivity index (χ2v) is 9.65. The lowest BCUT2D eigenvalue weighted by molar-refractivity contribution is -0.00000348. The summed E-state index contributed by atoms with van der Waals surface area (Å²) >= 11 is 0. The van der Waals surface area contributed by atoms with E-state index in [4.69, 9.17) is 0 Å². The van der Waals surface area contributed by atoms with Crippen molar-refractivity contribution in [2.45, 2.75) is 32.3 Å². The summed E-state index contributed by atoms with van der Waals surface area (Å²) in [7, 11) is -0.694. The molecule has 0 spiro atoms. The Bertz CT molecular complexity index is 269. The van der Waals surface area contributed by atoms with E-state index < -0.39 is 7.26 Å². The molecular weight excluding hydrogens is 235 g/mol. The molecular formula is C14H24ClP. The molecule has 0 saturated carbocycles. The first-order valence-electron chi connectivity index (χ1n) is 6.00. The number of hydrogen-bond donors (Lipinski definition) is 0. The standard InChI is InChI=1S/C14H24P.ClH/c1-4-5-9-12-15(2,3)13-14-10-7-6-8-11-14;/h6-8,10-11H,4-5,9,12-13H2,1-3H3;1H/q+1;/p-1. The van der Waals surface area contributed by atoms with Gasteiger partial charge >= 0.3 is 0 Å². The molecule has 0 aliphatic heterocycles. The fraction of sp³-hybridized carbons (Fsp3) is 0.571. The van der Waals surface area contributed by atoms with Crippen molar-refractivity contribution in [1.29, 1.82) is 0 Å². The summed E-state index contributed by atoms with van der Waals surface area (Å²) in [5.41, 5.74) is 1.52. The van der Waals surface area contributed by atoms with Crippen molar-refractivity contribution in [3.05, 3.63) is 35.9 Å². The quantitative estimate of drug-likeness (QED) is 0.538. The highest BCUT2D eigenvalue weighted by molar-refractivity contribution is 7.73. The van der Waals surface area contributed by atoms with Crippen molar-refractivity contribution in [1.82, 2.24) is 0 Å². The average molecular weight is 259 g/mol. The highest BCUT2D eigenvalue weighted by atomic mass is 35.5. The Morgan fingerprint density at radius 3 is 2.19 bits per heavy atom. The van der Waals surface area contributed by atoms with Gasteiger partial charge in [-0.25, -0.2) is 0 Å². The van der Waals surface area contributed by atoms with Gasteiger partial charge in [-0.1, -0.05) is 50.1 Å². The van der Waals surface area contributed by atoms with Gasteiger partial charge in [0.15, 0.2) is 0 Å². The topological polar surface area (TPSA) is 0 Å². The minimum Gasteiger partial charge on any atom is -1.00 e. The van der Waals surface area contributed by atoms with Crippen molar-refractivity contribution in [3.63, 3.8) is 0 Å². The van der Waals surface area contributed by atoms with Gasteiger partial charge in [0.1, 0.15) is 0 Å². The fourth-order valence-electron chi connectivity index (χ4n) is 1.95. The summed E-state index contributed by atoms with van der Waals surface area (Å²) in [6, 6.07) is 10.9. The lowest BCUT2D eigenvalue weighted by Gasteiger charge is -2.18. The zero-order valence-corrected chi connectivity index (χ0v) is 12.4. The first-order valence-corrected chi connectivity index (χ1v) is 9.05. The minimum absolute atomic E-state index is 0. The van der Waals surface area contributed by atoms with E-state index in [2.05, 4.69) is 50.6 Å². The van der Waals surface area contributed by atoms with Gasteiger partial charge in [-0.05, 0) is 12.0 Å². The minimum atomic E-state index is -0.694. The molecule has 92 valence electrons. The molecule has 0 atom stereocenters. The van der Waals surface area contributed by atoms with Crippen LogP contribution in [0.2, 0.25) is 0 Å². The van der Waals surface area contributed by atoms with E-state index in [1.54, 1.807) is 0 Å². The second-order valence-electron chi connectivity index (χ2n) is 5.01. The first kappa shape index (κ1) is 15.9. The van der Waals surface area contributed by atoms with Gasteiger partial charge < -0.3 is 12.4 Å². The molecule has 0 fully saturated rings. The third kappa shape index (κ3) is 6.51. The molecule has 0 aliphatic rings. The maximum absolute atomic E-state index is 2.50. The normalized spacial score (nSPS) is 10.9. The van der Waals surface area contributed by atoms with Crippen molar-refractivity contribution in [3.8, 4) is 0 Å². The molecule has 1 rings (SSSR count). The van der Waals surface area contributed by atoms with Gasteiger partial charge in [0.25, 0.3) is 0 Å². The Labute approximate surface area is 108 Å². The Morgan fingerprint density at radius 2 is 1.62 bits per heavy atom. The average Bonchev–Trinajstić information content (AvgIpc) is 2.18. The number of hydrogen-bond acceptors (Lipinski definition) is 0. The van der Waals surface area contributed by atoms with Gasteiger partial charge in [0.2, 0.25) is 0 Å². The SMILES string of the molecule is CCCCC[P+](C)(C)Cc1ccccc1.[Cl-]. The van der Waals surface area contributed by atoms with Crippen LogP contribution in [0, 0.1) is 0 Å². The van der Waals surface area contributed by atoms with Crippen LogP contribution in [0.25, 0.3) is 0 Å². The largest absolute Gasteiger partial charge is 1.00 e. The van der Waals surface area contributed by atoms with E-state index in [1.165, 1.54) is 37.1 Å². The predicted octanol–water partition coefficient (Wildman–Crippen LogP) is 1.66. The number of unbranched alkanes of at least 4 members (excludes halogenated alkanes) is 2. The lowest BCUT2D eigenvalue weighted by Crippen LogP contribution is -3.00. The molecule has 16 heavy (non-hydrogen) atoms. The van der Waals surface area contributed by atoms with Crippen LogP contribution in [0.5, 0.6) is 0 Å². The van der Waals surface area contributed by atoms with E-state index in [9.17, 15) is 0 Å². The van der Waals surface area contributed by atoms with Gasteiger partial charge in [0.05, 0.1) is 12.3 Å². The van der Waals surface area contributed by atoms with E-state index in [0.29, 0.717) is 0 Å². The molecule has 0 nitrogen and oxygen atoms in total. The van der Waals surface area contributed by atoms with Gasteiger partial charge in [-0.3, -0.25) is 0 Å². The third-order valence-corrected chi connectivity index (χ3v) is 5.57. The fourth-order valence-corrected chi connectivity index (χ4v) is 4.38. The highest BCUT2D eigenvalue weighted by Gasteiger charge is 2.24. The van der Waals surface area contributed by atoms with Crippen LogP contribution in [-0.4, -0.2) is 19.5 Å². The van der Waals surface area contributed by atoms with E-state index in [-0.39, 0.29) is 12.4 Å². The molecule has 0 aliphatic carbocycles. The molecule has 0 aromatic heterocycles. The van der Waals surface area contributed by atoms with Crippen molar-refractivity contribution in [2.24, 2.45) is 0 Å². The number of halogens is 1. The van der Waals surface area contributed by atoms with Crippen LogP contribution in [0.4, 0.5) is 0 Å². The van der Waals surface area contributed by atoms with E-state index in [1.807, 2.05) is 0 Å². The summed E-state index contributed by atoms with van der Waals surface area (Å²) in [5.74, 6) is 0. The summed E-state index contributed by atoms with van der Waals surface area (Å²) in [4.78, 5) is 0. The smallest absolute Gasteiger partial charge is 0.0837 e. The summed E-state index contributed by atoms with van der Waals surface area (Å²) < 4.78 is 0. The highest BCUT2D eigenvalue weighted by Crippen LogP contribution is 2.54. The Morgan fingerprint density at radius 1 is 1.00 bits per heavy atom. The van der Waals surface area contributed by atoms with Crippen LogP contribution in [0.15, 0.2) is 30.3 Å². The first-order chi connectivity index (χ1) is 7.14. The molecule has 0 N–H and O–H groups in total. The maximum Gasteiger partial charge on any atom is 0.0837 e. The van der Waals surface area contributed by atoms with Gasteiger partial charge in [-0.15, -0.1) is 0 Å². The zero-order chi connectivity index (χ0) is 11.1. The Hall–Kier alpha value is -0.0600. The van der Waals surface area contributed by atoms with Crippen molar-refractivity contribution >= 4 is 7.26 Å². The van der Waals surface area contributed by atoms with E-state index >= 15 is 0 Å². The van der Waals surface area contributed by atoms with Gasteiger partial charge in [0, 0.05) is 20.6 Å². The molecule has 0 amide bonds. The Kier molecular flexibility index (Phi) is 8.06. The zero-order valence-electron chi connectivity index (χ0n) is 10.7. The molecule has 0 saturated heterocycles. The van der Waals surface area contributed by atoms with Crippen molar-refractivity contribution < 1.29 is 12.4 Å². The monoisotopic (exact) mass is 258 g/mol. The van der Waals surface area contributed by atoms with Crippen LogP contribution in [-0.2, 0) is 6.16 Å². The predicted molar refractivity (Wildman–Crippen MR) is 73.3 cm³/mol. The molecule has 1 aromatic carbocycles. The summed E-state index contributed by atoms with van der Waals surface area (Å²) in [6.07, 6.45) is 6.93. The maximum atomic E-state index is 2.50. The van der Waals surface area contributed by atoms with Crippen molar-refractivity contribution in [2.75, 3.05) is 19.5 Å². The molecule has 0 radical (unpaired) electrons. The lowest BCUT2D eigenvalue weighted by atomic mass is 10.2. The Balaban J connectivity index is 0.00000225. The van der Waals surface area contributed by atoms with Crippen LogP contribution in [0.3, 0.4) is 0 Å². The second kappa shape index (κ2) is 8.09. The van der Waals surface area contributed by atoms with Crippen LogP contribution < -0.4 is 12.4 Å². The van der Waals surface area contributed by atoms with Gasteiger partial charge in [-0.2, -0.15) is 0 Å². The molecule has 1 aromatic rings. The van der Waals surface area contributed by atoms with Crippen LogP contribution >= 0.6 is 7.26 Å². The molecule has 2 heteroatoms. The summed E-state index contributed by atoms with van der Waals surface area (Å²) in [5, 5.41) is 0. The molecule has 0 unspecified atom stereocenters. The summed E-state index contributed by atoms with van der Waals surface area (Å²) in [6.45, 7) is 7.27. The third-order valence-electron chi connectivity index (χ3n) is 2.82. The number of benzene rings is 1. The molecule has 0 heterocycles.